The van der Waals surface area contributed by atoms with Crippen molar-refractivity contribution < 1.29 is 14.3 Å². The molecule has 0 aliphatic rings. The number of thiol groups is 1. The summed E-state index contributed by atoms with van der Waals surface area (Å²) in [6.07, 6.45) is -0.698. The molecule has 0 aromatic carbocycles. The number of nitrogens with one attached hydrogen (secondary N) is 1. The van der Waals surface area contributed by atoms with Crippen LogP contribution >= 0.6 is 12.6 Å². The molecule has 12 heavy (non-hydrogen) atoms. The summed E-state index contributed by atoms with van der Waals surface area (Å²) in [5.74, 6) is -0.260. The van der Waals surface area contributed by atoms with Crippen molar-refractivity contribution >= 4 is 25.0 Å². The molecule has 0 unspecified atom stereocenters. The van der Waals surface area contributed by atoms with Gasteiger partial charge in [-0.15, -0.1) is 0 Å². The van der Waals surface area contributed by atoms with Gasteiger partial charge >= 0.3 is 0 Å². The molecule has 70 valence electrons. The van der Waals surface area contributed by atoms with Gasteiger partial charge in [-0.3, -0.25) is 9.59 Å². The smallest absolute Gasteiger partial charge is 0.295 e. The SMILES string of the molecule is CC(=O)N[C@@H](OC=O)C(C)(C)S. The normalized spacial score (nSPS) is 13.3. The highest BCUT2D eigenvalue weighted by Gasteiger charge is 2.27. The minimum atomic E-state index is -0.698. The van der Waals surface area contributed by atoms with Gasteiger partial charge in [0.1, 0.15) is 0 Å². The quantitative estimate of drug-likeness (QED) is 0.382. The minimum Gasteiger partial charge on any atom is -0.442 e. The monoisotopic (exact) mass is 191 g/mol. The Morgan fingerprint density at radius 3 is 2.42 bits per heavy atom. The lowest BCUT2D eigenvalue weighted by Crippen LogP contribution is -2.47. The van der Waals surface area contributed by atoms with Crippen molar-refractivity contribution in [3.63, 3.8) is 0 Å². The zero-order valence-electron chi connectivity index (χ0n) is 7.33. The van der Waals surface area contributed by atoms with E-state index in [1.807, 2.05) is 0 Å². The number of hydrogen-bond acceptors (Lipinski definition) is 4. The molecule has 1 N–H and O–H groups in total. The number of hydrogen-bond donors (Lipinski definition) is 2. The molecule has 0 radical (unpaired) electrons. The van der Waals surface area contributed by atoms with Crippen LogP contribution in [0, 0.1) is 0 Å². The number of amides is 1. The summed E-state index contributed by atoms with van der Waals surface area (Å²) >= 11 is 4.16. The maximum atomic E-state index is 10.6. The highest BCUT2D eigenvalue weighted by Crippen LogP contribution is 2.17. The van der Waals surface area contributed by atoms with Gasteiger partial charge in [0, 0.05) is 6.92 Å². The molecule has 0 aromatic heterocycles. The maximum Gasteiger partial charge on any atom is 0.295 e. The third kappa shape index (κ3) is 4.23. The van der Waals surface area contributed by atoms with Crippen molar-refractivity contribution in [1.82, 2.24) is 5.32 Å². The van der Waals surface area contributed by atoms with Crippen LogP contribution in [0.1, 0.15) is 20.8 Å². The molecule has 5 heteroatoms. The molecule has 0 saturated heterocycles. The molecule has 0 aliphatic carbocycles. The zero-order chi connectivity index (χ0) is 9.78. The Morgan fingerprint density at radius 2 is 2.17 bits per heavy atom. The van der Waals surface area contributed by atoms with E-state index in [-0.39, 0.29) is 5.91 Å². The van der Waals surface area contributed by atoms with E-state index in [4.69, 9.17) is 0 Å². The molecule has 0 aromatic rings. The van der Waals surface area contributed by atoms with E-state index in [0.29, 0.717) is 6.47 Å². The van der Waals surface area contributed by atoms with E-state index in [1.54, 1.807) is 13.8 Å². The average molecular weight is 191 g/mol. The van der Waals surface area contributed by atoms with E-state index in [1.165, 1.54) is 6.92 Å². The topological polar surface area (TPSA) is 55.4 Å². The van der Waals surface area contributed by atoms with Gasteiger partial charge in [0.05, 0.1) is 4.75 Å². The predicted molar refractivity (Wildman–Crippen MR) is 47.8 cm³/mol. The number of ether oxygens (including phenoxy) is 1. The average Bonchev–Trinajstić information content (AvgIpc) is 1.83. The van der Waals surface area contributed by atoms with Crippen molar-refractivity contribution in [2.24, 2.45) is 0 Å². The van der Waals surface area contributed by atoms with Crippen LogP contribution in [0.25, 0.3) is 0 Å². The highest BCUT2D eigenvalue weighted by atomic mass is 32.1. The van der Waals surface area contributed by atoms with Crippen molar-refractivity contribution in [3.8, 4) is 0 Å². The van der Waals surface area contributed by atoms with Crippen LogP contribution in [0.3, 0.4) is 0 Å². The molecule has 0 fully saturated rings. The van der Waals surface area contributed by atoms with Crippen LogP contribution in [-0.2, 0) is 14.3 Å². The maximum absolute atomic E-state index is 10.6. The van der Waals surface area contributed by atoms with E-state index >= 15 is 0 Å². The summed E-state index contributed by atoms with van der Waals surface area (Å²) in [7, 11) is 0. The molecule has 1 atom stereocenters. The Labute approximate surface area is 77.1 Å². The molecule has 0 heterocycles. The van der Waals surface area contributed by atoms with Gasteiger partial charge in [0.25, 0.3) is 6.47 Å². The van der Waals surface area contributed by atoms with Crippen molar-refractivity contribution in [1.29, 1.82) is 0 Å². The lowest BCUT2D eigenvalue weighted by atomic mass is 10.1. The predicted octanol–water partition coefficient (Wildman–Crippen LogP) is 0.330. The summed E-state index contributed by atoms with van der Waals surface area (Å²) in [4.78, 5) is 20.7. The first-order chi connectivity index (χ1) is 5.38. The Balaban J connectivity index is 4.22. The number of carbonyl (C=O) groups excluding carboxylic acids is 2. The van der Waals surface area contributed by atoms with E-state index in [2.05, 4.69) is 22.7 Å². The Morgan fingerprint density at radius 1 is 1.67 bits per heavy atom. The summed E-state index contributed by atoms with van der Waals surface area (Å²) < 4.78 is 4.04. The van der Waals surface area contributed by atoms with Crippen LogP contribution in [0.4, 0.5) is 0 Å². The fourth-order valence-corrected chi connectivity index (χ4v) is 0.743. The summed E-state index contributed by atoms with van der Waals surface area (Å²) in [6.45, 7) is 5.11. The molecule has 0 bridgehead atoms. The lowest BCUT2D eigenvalue weighted by Gasteiger charge is -2.27. The molecule has 0 saturated carbocycles. The van der Waals surface area contributed by atoms with Gasteiger partial charge < -0.3 is 10.1 Å². The molecule has 1 amide bonds. The first-order valence-electron chi connectivity index (χ1n) is 3.46. The van der Waals surface area contributed by atoms with Crippen molar-refractivity contribution in [3.05, 3.63) is 0 Å². The zero-order valence-corrected chi connectivity index (χ0v) is 8.22. The standard InChI is InChI=1S/C7H13NO3S/c1-5(10)8-6(11-4-9)7(2,3)12/h4,6,12H,1-3H3,(H,8,10)/t6-/m0/s1. The second-order valence-electron chi connectivity index (χ2n) is 2.97. The van der Waals surface area contributed by atoms with E-state index in [9.17, 15) is 9.59 Å². The first-order valence-corrected chi connectivity index (χ1v) is 3.91. The number of rotatable bonds is 4. The number of carbonyl (C=O) groups is 2. The van der Waals surface area contributed by atoms with Gasteiger partial charge in [-0.05, 0) is 13.8 Å². The van der Waals surface area contributed by atoms with Gasteiger partial charge in [-0.25, -0.2) is 0 Å². The first kappa shape index (κ1) is 11.3. The van der Waals surface area contributed by atoms with Crippen molar-refractivity contribution in [2.45, 2.75) is 31.7 Å². The van der Waals surface area contributed by atoms with Crippen LogP contribution in [-0.4, -0.2) is 23.4 Å². The van der Waals surface area contributed by atoms with Crippen LogP contribution < -0.4 is 5.32 Å². The van der Waals surface area contributed by atoms with Crippen LogP contribution in [0.2, 0.25) is 0 Å². The molecule has 0 aliphatic heterocycles. The molecule has 0 rings (SSSR count). The van der Waals surface area contributed by atoms with Crippen LogP contribution in [0.15, 0.2) is 0 Å². The minimum absolute atomic E-state index is 0.260. The Bertz CT molecular complexity index is 176. The van der Waals surface area contributed by atoms with Crippen LogP contribution in [0.5, 0.6) is 0 Å². The van der Waals surface area contributed by atoms with Crippen molar-refractivity contribution in [2.75, 3.05) is 0 Å². The molecule has 0 spiro atoms. The molecule has 4 nitrogen and oxygen atoms in total. The molecular formula is C7H13NO3S. The lowest BCUT2D eigenvalue weighted by molar-refractivity contribution is -0.139. The third-order valence-electron chi connectivity index (χ3n) is 1.17. The second kappa shape index (κ2) is 4.35. The fraction of sp³-hybridized carbons (Fsp3) is 0.714. The largest absolute Gasteiger partial charge is 0.442 e. The van der Waals surface area contributed by atoms with Gasteiger partial charge in [0.15, 0.2) is 6.23 Å². The Hall–Kier alpha value is -0.710. The molecular weight excluding hydrogens is 178 g/mol. The summed E-state index contributed by atoms with van der Waals surface area (Å²) in [6, 6.07) is 0. The Kier molecular flexibility index (Phi) is 4.09. The summed E-state index contributed by atoms with van der Waals surface area (Å²) in [5, 5.41) is 2.45. The summed E-state index contributed by atoms with van der Waals surface area (Å²) in [5.41, 5.74) is 0. The van der Waals surface area contributed by atoms with E-state index in [0.717, 1.165) is 0 Å². The third-order valence-corrected chi connectivity index (χ3v) is 1.40. The van der Waals surface area contributed by atoms with Gasteiger partial charge in [-0.1, -0.05) is 0 Å². The second-order valence-corrected chi connectivity index (χ2v) is 4.12. The van der Waals surface area contributed by atoms with Gasteiger partial charge in [0.2, 0.25) is 5.91 Å². The fourth-order valence-electron chi connectivity index (χ4n) is 0.617. The van der Waals surface area contributed by atoms with Gasteiger partial charge in [-0.2, -0.15) is 12.6 Å². The highest BCUT2D eigenvalue weighted by molar-refractivity contribution is 7.81. The van der Waals surface area contributed by atoms with E-state index < -0.39 is 11.0 Å².